The van der Waals surface area contributed by atoms with Gasteiger partial charge >= 0.3 is 10.1 Å². The molecule has 2 rings (SSSR count). The van der Waals surface area contributed by atoms with Gasteiger partial charge in [0.25, 0.3) is 0 Å². The van der Waals surface area contributed by atoms with E-state index in [1.807, 2.05) is 0 Å². The van der Waals surface area contributed by atoms with Gasteiger partial charge in [0, 0.05) is 13.2 Å². The second kappa shape index (κ2) is 3.44. The number of aryl methyl sites for hydroxylation is 1. The van der Waals surface area contributed by atoms with Crippen LogP contribution in [-0.2, 0) is 17.2 Å². The highest BCUT2D eigenvalue weighted by molar-refractivity contribution is 7.88. The molecule has 0 radical (unpaired) electrons. The molecule has 0 unspecified atom stereocenters. The van der Waals surface area contributed by atoms with Gasteiger partial charge in [-0.05, 0) is 18.2 Å². The van der Waals surface area contributed by atoms with Crippen molar-refractivity contribution in [3.05, 3.63) is 24.4 Å². The van der Waals surface area contributed by atoms with E-state index < -0.39 is 10.1 Å². The van der Waals surface area contributed by atoms with Gasteiger partial charge in [0.05, 0.1) is 10.6 Å². The Hall–Kier alpha value is -1.18. The predicted molar refractivity (Wildman–Crippen MR) is 56.3 cm³/mol. The third-order valence-electron chi connectivity index (χ3n) is 1.91. The van der Waals surface area contributed by atoms with Crippen molar-refractivity contribution in [1.82, 2.24) is 9.78 Å². The van der Waals surface area contributed by atoms with Crippen LogP contribution in [0, 0.1) is 0 Å². The van der Waals surface area contributed by atoms with E-state index in [-0.39, 0.29) is 4.21 Å². The number of hydrogen-bond acceptors (Lipinski definition) is 4. The normalized spacial score (nSPS) is 11.9. The smallest absolute Gasteiger partial charge is 0.281 e. The van der Waals surface area contributed by atoms with E-state index in [1.165, 1.54) is 6.07 Å². The van der Waals surface area contributed by atoms with E-state index in [9.17, 15) is 8.42 Å². The summed E-state index contributed by atoms with van der Waals surface area (Å²) in [6, 6.07) is 4.80. The third kappa shape index (κ3) is 1.94. The standard InChI is InChI=1S/C8H8N2O3S2/c1-10-6(4-5-9-10)7-2-3-8(14-7)15(11,12)13/h2-5H,1H3,(H,11,12,13). The molecule has 0 aliphatic heterocycles. The molecule has 0 spiro atoms. The Labute approximate surface area is 90.7 Å². The van der Waals surface area contributed by atoms with Crippen LogP contribution in [0.15, 0.2) is 28.6 Å². The molecule has 0 atom stereocenters. The first-order valence-electron chi connectivity index (χ1n) is 4.04. The van der Waals surface area contributed by atoms with E-state index in [0.29, 0.717) is 0 Å². The molecule has 0 aliphatic rings. The lowest BCUT2D eigenvalue weighted by atomic mass is 10.3. The highest BCUT2D eigenvalue weighted by Gasteiger charge is 2.14. The molecule has 2 aromatic rings. The zero-order valence-corrected chi connectivity index (χ0v) is 9.42. The molecule has 0 aromatic carbocycles. The zero-order valence-electron chi connectivity index (χ0n) is 7.78. The lowest BCUT2D eigenvalue weighted by Gasteiger charge is -1.96. The summed E-state index contributed by atoms with van der Waals surface area (Å²) in [5.74, 6) is 0. The van der Waals surface area contributed by atoms with E-state index in [2.05, 4.69) is 5.10 Å². The SMILES string of the molecule is Cn1nccc1-c1ccc(S(=O)(=O)O)s1. The summed E-state index contributed by atoms with van der Waals surface area (Å²) in [5, 5.41) is 3.98. The lowest BCUT2D eigenvalue weighted by Crippen LogP contribution is -1.93. The van der Waals surface area contributed by atoms with Gasteiger partial charge in [0.1, 0.15) is 4.21 Å². The molecular formula is C8H8N2O3S2. The summed E-state index contributed by atoms with van der Waals surface area (Å²) in [7, 11) is -2.33. The Balaban J connectivity index is 2.50. The number of hydrogen-bond donors (Lipinski definition) is 1. The summed E-state index contributed by atoms with van der Waals surface area (Å²) >= 11 is 1.01. The molecule has 0 amide bonds. The Bertz CT molecular complexity index is 583. The molecule has 15 heavy (non-hydrogen) atoms. The van der Waals surface area contributed by atoms with Crippen LogP contribution in [0.3, 0.4) is 0 Å². The number of rotatable bonds is 2. The third-order valence-corrected chi connectivity index (χ3v) is 4.34. The number of aromatic nitrogens is 2. The molecule has 1 N–H and O–H groups in total. The van der Waals surface area contributed by atoms with Crippen molar-refractivity contribution in [2.75, 3.05) is 0 Å². The van der Waals surface area contributed by atoms with Crippen molar-refractivity contribution in [3.8, 4) is 10.6 Å². The number of nitrogens with zero attached hydrogens (tertiary/aromatic N) is 2. The Kier molecular flexibility index (Phi) is 2.37. The maximum absolute atomic E-state index is 10.8. The highest BCUT2D eigenvalue weighted by atomic mass is 32.3. The van der Waals surface area contributed by atoms with Gasteiger partial charge in [-0.25, -0.2) is 0 Å². The molecule has 80 valence electrons. The minimum atomic E-state index is -4.10. The van der Waals surface area contributed by atoms with Crippen molar-refractivity contribution < 1.29 is 13.0 Å². The predicted octanol–water partition coefficient (Wildman–Crippen LogP) is 1.40. The molecule has 0 saturated heterocycles. The monoisotopic (exact) mass is 244 g/mol. The van der Waals surface area contributed by atoms with Gasteiger partial charge < -0.3 is 0 Å². The molecule has 7 heteroatoms. The molecule has 0 fully saturated rings. The molecule has 0 aliphatic carbocycles. The second-order valence-electron chi connectivity index (χ2n) is 2.93. The van der Waals surface area contributed by atoms with Gasteiger partial charge in [-0.2, -0.15) is 13.5 Å². The summed E-state index contributed by atoms with van der Waals surface area (Å²) in [5.41, 5.74) is 0.815. The van der Waals surface area contributed by atoms with Crippen molar-refractivity contribution in [1.29, 1.82) is 0 Å². The number of thiophene rings is 1. The average Bonchev–Trinajstić information content (AvgIpc) is 2.69. The van der Waals surface area contributed by atoms with E-state index in [0.717, 1.165) is 21.9 Å². The van der Waals surface area contributed by atoms with Crippen LogP contribution in [0.4, 0.5) is 0 Å². The largest absolute Gasteiger partial charge is 0.304 e. The molecule has 2 heterocycles. The summed E-state index contributed by atoms with van der Waals surface area (Å²) in [4.78, 5) is 0.752. The van der Waals surface area contributed by atoms with Crippen LogP contribution in [0.25, 0.3) is 10.6 Å². The van der Waals surface area contributed by atoms with Crippen LogP contribution in [-0.4, -0.2) is 22.8 Å². The molecule has 0 bridgehead atoms. The van der Waals surface area contributed by atoms with Crippen LogP contribution < -0.4 is 0 Å². The van der Waals surface area contributed by atoms with E-state index in [4.69, 9.17) is 4.55 Å². The topological polar surface area (TPSA) is 72.2 Å². The lowest BCUT2D eigenvalue weighted by molar-refractivity contribution is 0.485. The van der Waals surface area contributed by atoms with Gasteiger partial charge in [-0.15, -0.1) is 11.3 Å². The van der Waals surface area contributed by atoms with E-state index >= 15 is 0 Å². The molecule has 2 aromatic heterocycles. The highest BCUT2D eigenvalue weighted by Crippen LogP contribution is 2.29. The van der Waals surface area contributed by atoms with Crippen molar-refractivity contribution in [3.63, 3.8) is 0 Å². The van der Waals surface area contributed by atoms with E-state index in [1.54, 1.807) is 30.1 Å². The van der Waals surface area contributed by atoms with Gasteiger partial charge in [0.15, 0.2) is 0 Å². The molecular weight excluding hydrogens is 236 g/mol. The summed E-state index contributed by atoms with van der Waals surface area (Å²) in [6.07, 6.45) is 1.63. The van der Waals surface area contributed by atoms with Crippen molar-refractivity contribution in [2.24, 2.45) is 7.05 Å². The average molecular weight is 244 g/mol. The van der Waals surface area contributed by atoms with Crippen LogP contribution in [0.5, 0.6) is 0 Å². The van der Waals surface area contributed by atoms with Gasteiger partial charge in [0.2, 0.25) is 0 Å². The Morgan fingerprint density at radius 2 is 2.13 bits per heavy atom. The quantitative estimate of drug-likeness (QED) is 0.810. The van der Waals surface area contributed by atoms with Crippen LogP contribution in [0.2, 0.25) is 0 Å². The van der Waals surface area contributed by atoms with Crippen LogP contribution >= 0.6 is 11.3 Å². The molecule has 5 nitrogen and oxygen atoms in total. The fourth-order valence-corrected chi connectivity index (χ4v) is 2.94. The first-order valence-corrected chi connectivity index (χ1v) is 6.30. The second-order valence-corrected chi connectivity index (χ2v) is 5.67. The first-order chi connectivity index (χ1) is 6.98. The van der Waals surface area contributed by atoms with Gasteiger partial charge in [-0.3, -0.25) is 9.23 Å². The minimum Gasteiger partial charge on any atom is -0.281 e. The van der Waals surface area contributed by atoms with Crippen molar-refractivity contribution >= 4 is 21.5 Å². The summed E-state index contributed by atoms with van der Waals surface area (Å²) < 4.78 is 32.1. The van der Waals surface area contributed by atoms with Crippen LogP contribution in [0.1, 0.15) is 0 Å². The first kappa shape index (κ1) is 10.3. The minimum absolute atomic E-state index is 0.0568. The fourth-order valence-electron chi connectivity index (χ4n) is 1.21. The maximum atomic E-state index is 10.8. The zero-order chi connectivity index (χ0) is 11.1. The maximum Gasteiger partial charge on any atom is 0.304 e. The molecule has 0 saturated carbocycles. The van der Waals surface area contributed by atoms with Gasteiger partial charge in [-0.1, -0.05) is 0 Å². The Morgan fingerprint density at radius 3 is 2.60 bits per heavy atom. The fraction of sp³-hybridized carbons (Fsp3) is 0.125. The van der Waals surface area contributed by atoms with Crippen molar-refractivity contribution in [2.45, 2.75) is 4.21 Å². The Morgan fingerprint density at radius 1 is 1.40 bits per heavy atom. The summed E-state index contributed by atoms with van der Waals surface area (Å²) in [6.45, 7) is 0.